The molecule has 3 heterocycles. The number of hydrogen-bond donors (Lipinski definition) is 1. The maximum absolute atomic E-state index is 13.4. The number of nitrogens with one attached hydrogen (secondary N) is 1. The van der Waals surface area contributed by atoms with Crippen molar-refractivity contribution in [3.05, 3.63) is 144 Å². The standard InChI is InChI=1S/C50H63N5O7Si2/c1-48(2,3)63(9,10)61-42-40(31-59-50(35-21-17-14-18-22-35,36-23-27-38(57-7)28-24-36)37-25-29-39(58-8)30-26-37)60-47(43(42)62-64(11,12)49(4,5)6)55-33-53-41-44(51-32-52-45(41)55)54-46(56)34-19-15-13-16-20-34/h13-30,32-33,40,42-43,47H,31H2,1-12H3,(H,51,52,54,56)/t40-,42-,43+,47-/m1/s1. The van der Waals surface area contributed by atoms with Gasteiger partial charge in [-0.1, -0.05) is 114 Å². The summed E-state index contributed by atoms with van der Waals surface area (Å²) in [6, 6.07) is 35.3. The first kappa shape index (κ1) is 46.8. The van der Waals surface area contributed by atoms with E-state index in [-0.39, 0.29) is 28.4 Å². The number of carbonyl (C=O) groups is 1. The lowest BCUT2D eigenvalue weighted by molar-refractivity contribution is -0.0928. The van der Waals surface area contributed by atoms with Crippen LogP contribution in [0.5, 0.6) is 11.5 Å². The van der Waals surface area contributed by atoms with E-state index in [1.54, 1.807) is 32.7 Å². The normalized spacial score (nSPS) is 18.6. The summed E-state index contributed by atoms with van der Waals surface area (Å²) in [5.74, 6) is 1.45. The van der Waals surface area contributed by atoms with Crippen molar-refractivity contribution in [1.29, 1.82) is 0 Å². The fourth-order valence-corrected chi connectivity index (χ4v) is 10.2. The number of rotatable bonds is 15. The molecule has 1 N–H and O–H groups in total. The molecule has 4 atom stereocenters. The van der Waals surface area contributed by atoms with Crippen molar-refractivity contribution in [2.45, 2.75) is 108 Å². The number of ether oxygens (including phenoxy) is 4. The van der Waals surface area contributed by atoms with Gasteiger partial charge in [-0.05, 0) is 89.4 Å². The lowest BCUT2D eigenvalue weighted by Crippen LogP contribution is -2.54. The quantitative estimate of drug-likeness (QED) is 0.0786. The van der Waals surface area contributed by atoms with Crippen LogP contribution in [0, 0.1) is 0 Å². The summed E-state index contributed by atoms with van der Waals surface area (Å²) in [6.07, 6.45) is 0.568. The van der Waals surface area contributed by atoms with Crippen molar-refractivity contribution in [1.82, 2.24) is 19.5 Å². The Morgan fingerprint density at radius 3 is 1.69 bits per heavy atom. The molecule has 338 valence electrons. The van der Waals surface area contributed by atoms with Crippen molar-refractivity contribution in [2.75, 3.05) is 26.1 Å². The van der Waals surface area contributed by atoms with Gasteiger partial charge in [-0.25, -0.2) is 15.0 Å². The zero-order valence-corrected chi connectivity index (χ0v) is 41.2. The highest BCUT2D eigenvalue weighted by Crippen LogP contribution is 2.48. The largest absolute Gasteiger partial charge is 0.497 e. The van der Waals surface area contributed by atoms with E-state index in [0.717, 1.165) is 28.2 Å². The molecule has 0 aliphatic carbocycles. The van der Waals surface area contributed by atoms with E-state index in [2.05, 4.69) is 90.2 Å². The number of imidazole rings is 1. The van der Waals surface area contributed by atoms with Gasteiger partial charge < -0.3 is 33.1 Å². The SMILES string of the molecule is COc1ccc(C(OC[C@H]2O[C@@H](n3cnc4c(NC(=O)c5ccccc5)ncnc43)[C@@H](O[Si](C)(C)C(C)(C)C)[C@@H]2O[Si](C)(C)C(C)(C)C)(c2ccccc2)c2ccc(OC)cc2)cc1. The predicted molar refractivity (Wildman–Crippen MR) is 256 cm³/mol. The van der Waals surface area contributed by atoms with E-state index in [1.165, 1.54) is 6.33 Å². The second-order valence-electron chi connectivity index (χ2n) is 19.4. The summed E-state index contributed by atoms with van der Waals surface area (Å²) in [5.41, 5.74) is 3.02. The molecule has 0 bridgehead atoms. The average molecular weight is 902 g/mol. The van der Waals surface area contributed by atoms with Crippen molar-refractivity contribution < 1.29 is 32.6 Å². The first-order chi connectivity index (χ1) is 30.3. The fourth-order valence-electron chi connectivity index (χ4n) is 7.55. The highest BCUT2D eigenvalue weighted by molar-refractivity contribution is 6.74. The minimum absolute atomic E-state index is 0.111. The minimum Gasteiger partial charge on any atom is -0.497 e. The molecule has 1 amide bonds. The smallest absolute Gasteiger partial charge is 0.256 e. The van der Waals surface area contributed by atoms with Crippen LogP contribution in [0.2, 0.25) is 36.3 Å². The molecule has 7 rings (SSSR count). The van der Waals surface area contributed by atoms with Gasteiger partial charge in [0.05, 0.1) is 27.2 Å². The number of hydrogen-bond acceptors (Lipinski definition) is 10. The molecule has 12 nitrogen and oxygen atoms in total. The summed E-state index contributed by atoms with van der Waals surface area (Å²) < 4.78 is 43.0. The highest BCUT2D eigenvalue weighted by Gasteiger charge is 2.55. The number of nitrogens with zero attached hydrogens (tertiary/aromatic N) is 4. The van der Waals surface area contributed by atoms with Crippen LogP contribution in [0.15, 0.2) is 122 Å². The maximum Gasteiger partial charge on any atom is 0.256 e. The van der Waals surface area contributed by atoms with Gasteiger partial charge in [0, 0.05) is 5.56 Å². The summed E-state index contributed by atoms with van der Waals surface area (Å²) in [6.45, 7) is 22.5. The lowest BCUT2D eigenvalue weighted by Gasteiger charge is -2.44. The van der Waals surface area contributed by atoms with E-state index in [1.807, 2.05) is 89.5 Å². The highest BCUT2D eigenvalue weighted by atomic mass is 28.4. The number of carbonyl (C=O) groups excluding carboxylic acids is 1. The third kappa shape index (κ3) is 9.30. The zero-order valence-electron chi connectivity index (χ0n) is 39.2. The summed E-state index contributed by atoms with van der Waals surface area (Å²) in [4.78, 5) is 27.4. The van der Waals surface area contributed by atoms with Crippen LogP contribution in [0.4, 0.5) is 5.82 Å². The number of fused-ring (bicyclic) bond motifs is 1. The molecule has 1 saturated heterocycles. The van der Waals surface area contributed by atoms with Gasteiger partial charge in [-0.15, -0.1) is 0 Å². The summed E-state index contributed by atoms with van der Waals surface area (Å²) in [7, 11) is -1.72. The third-order valence-corrected chi connectivity index (χ3v) is 22.2. The van der Waals surface area contributed by atoms with Gasteiger partial charge in [-0.2, -0.15) is 0 Å². The molecular weight excluding hydrogens is 839 g/mol. The third-order valence-electron chi connectivity index (χ3n) is 13.3. The van der Waals surface area contributed by atoms with Gasteiger partial charge >= 0.3 is 0 Å². The molecule has 2 aromatic heterocycles. The lowest BCUT2D eigenvalue weighted by atomic mass is 9.80. The average Bonchev–Trinajstić information content (AvgIpc) is 3.85. The fraction of sp³-hybridized carbons (Fsp3) is 0.400. The summed E-state index contributed by atoms with van der Waals surface area (Å²) in [5, 5.41) is 2.67. The Morgan fingerprint density at radius 2 is 1.17 bits per heavy atom. The molecule has 0 radical (unpaired) electrons. The Labute approximate surface area is 379 Å². The van der Waals surface area contributed by atoms with E-state index in [9.17, 15) is 4.79 Å². The van der Waals surface area contributed by atoms with Crippen molar-refractivity contribution in [3.63, 3.8) is 0 Å². The van der Waals surface area contributed by atoms with E-state index in [0.29, 0.717) is 16.7 Å². The van der Waals surface area contributed by atoms with E-state index < -0.39 is 46.8 Å². The van der Waals surface area contributed by atoms with Gasteiger partial charge in [0.2, 0.25) is 0 Å². The monoisotopic (exact) mass is 901 g/mol. The van der Waals surface area contributed by atoms with Crippen LogP contribution in [-0.2, 0) is 23.9 Å². The molecule has 1 fully saturated rings. The van der Waals surface area contributed by atoms with E-state index in [4.69, 9.17) is 37.8 Å². The second-order valence-corrected chi connectivity index (χ2v) is 28.9. The number of aromatic nitrogens is 4. The Bertz CT molecular complexity index is 2460. The summed E-state index contributed by atoms with van der Waals surface area (Å²) >= 11 is 0. The number of benzene rings is 4. The van der Waals surface area contributed by atoms with Crippen molar-refractivity contribution in [2.24, 2.45) is 0 Å². The van der Waals surface area contributed by atoms with Gasteiger partial charge in [0.15, 0.2) is 39.8 Å². The first-order valence-electron chi connectivity index (χ1n) is 21.8. The Hall–Kier alpha value is -5.23. The van der Waals surface area contributed by atoms with Crippen LogP contribution in [0.25, 0.3) is 11.2 Å². The van der Waals surface area contributed by atoms with Crippen LogP contribution in [0.1, 0.15) is 74.8 Å². The number of methoxy groups -OCH3 is 2. The first-order valence-corrected chi connectivity index (χ1v) is 27.6. The van der Waals surface area contributed by atoms with Crippen molar-refractivity contribution >= 4 is 39.5 Å². The molecular formula is C50H63N5O7Si2. The molecule has 14 heteroatoms. The molecule has 64 heavy (non-hydrogen) atoms. The van der Waals surface area contributed by atoms with Crippen LogP contribution < -0.4 is 14.8 Å². The Balaban J connectivity index is 1.38. The van der Waals surface area contributed by atoms with Crippen LogP contribution in [-0.4, -0.2) is 81.2 Å². The maximum atomic E-state index is 13.4. The number of amides is 1. The molecule has 1 aliphatic rings. The van der Waals surface area contributed by atoms with Crippen LogP contribution in [0.3, 0.4) is 0 Å². The second kappa shape index (κ2) is 18.3. The van der Waals surface area contributed by atoms with Gasteiger partial charge in [-0.3, -0.25) is 9.36 Å². The van der Waals surface area contributed by atoms with Gasteiger partial charge in [0.1, 0.15) is 41.7 Å². The Kier molecular flexibility index (Phi) is 13.4. The molecule has 6 aromatic rings. The zero-order chi connectivity index (χ0) is 46.1. The molecule has 1 aliphatic heterocycles. The topological polar surface area (TPSA) is 128 Å². The van der Waals surface area contributed by atoms with Crippen molar-refractivity contribution in [3.8, 4) is 11.5 Å². The van der Waals surface area contributed by atoms with Gasteiger partial charge in [0.25, 0.3) is 5.91 Å². The van der Waals surface area contributed by atoms with Crippen LogP contribution >= 0.6 is 0 Å². The molecule has 4 aromatic carbocycles. The molecule has 0 unspecified atom stereocenters. The predicted octanol–water partition coefficient (Wildman–Crippen LogP) is 10.8. The minimum atomic E-state index is -2.52. The molecule has 0 saturated carbocycles. The Morgan fingerprint density at radius 1 is 0.672 bits per heavy atom. The van der Waals surface area contributed by atoms with E-state index >= 15 is 0 Å². The molecule has 0 spiro atoms. The number of anilines is 1.